The molecule has 146 valence electrons. The van der Waals surface area contributed by atoms with E-state index in [-0.39, 0.29) is 16.1 Å². The first-order valence-corrected chi connectivity index (χ1v) is 9.73. The van der Waals surface area contributed by atoms with Gasteiger partial charge in [0.1, 0.15) is 5.02 Å². The van der Waals surface area contributed by atoms with Gasteiger partial charge in [-0.1, -0.05) is 34.8 Å². The zero-order valence-corrected chi connectivity index (χ0v) is 16.9. The number of rotatable bonds is 4. The van der Waals surface area contributed by atoms with Crippen molar-refractivity contribution in [2.45, 2.75) is 12.6 Å². The van der Waals surface area contributed by atoms with E-state index < -0.39 is 5.56 Å². The molecule has 2 aromatic heterocycles. The molecule has 7 nitrogen and oxygen atoms in total. The molecule has 1 unspecified atom stereocenters. The Kier molecular flexibility index (Phi) is 5.59. The Bertz CT molecular complexity index is 1040. The van der Waals surface area contributed by atoms with E-state index in [1.807, 2.05) is 23.0 Å². The van der Waals surface area contributed by atoms with E-state index in [0.717, 1.165) is 12.2 Å². The highest BCUT2D eigenvalue weighted by Gasteiger charge is 2.23. The lowest BCUT2D eigenvalue weighted by Gasteiger charge is -2.35. The Balaban J connectivity index is 1.56. The fourth-order valence-corrected chi connectivity index (χ4v) is 3.69. The van der Waals surface area contributed by atoms with Gasteiger partial charge in [-0.2, -0.15) is 14.9 Å². The van der Waals surface area contributed by atoms with Crippen molar-refractivity contribution in [3.05, 3.63) is 68.3 Å². The second kappa shape index (κ2) is 8.13. The van der Waals surface area contributed by atoms with Crippen molar-refractivity contribution in [3.8, 4) is 5.69 Å². The van der Waals surface area contributed by atoms with Gasteiger partial charge in [0.25, 0.3) is 5.56 Å². The minimum Gasteiger partial charge on any atom is -0.373 e. The Hall–Kier alpha value is -2.06. The van der Waals surface area contributed by atoms with Crippen LogP contribution in [0, 0.1) is 0 Å². The van der Waals surface area contributed by atoms with Crippen LogP contribution in [0.2, 0.25) is 15.1 Å². The van der Waals surface area contributed by atoms with E-state index in [1.165, 1.54) is 10.9 Å². The standard InChI is InChI=1S/C18H16Cl3N5O2/c19-14-8-12(26-18(27)17(21)15(20)9-23-26)2-3-16(14)24-6-7-28-13(10-24)11-25-5-1-4-22-25/h1-5,8-9,13H,6-7,10-11H2. The molecule has 1 aliphatic heterocycles. The van der Waals surface area contributed by atoms with Gasteiger partial charge in [0, 0.05) is 25.5 Å². The van der Waals surface area contributed by atoms with Crippen LogP contribution in [0.3, 0.4) is 0 Å². The van der Waals surface area contributed by atoms with Gasteiger partial charge < -0.3 is 9.64 Å². The van der Waals surface area contributed by atoms with E-state index in [9.17, 15) is 4.79 Å². The molecule has 0 spiro atoms. The van der Waals surface area contributed by atoms with Crippen molar-refractivity contribution in [3.63, 3.8) is 0 Å². The fraction of sp³-hybridized carbons (Fsp3) is 0.278. The second-order valence-corrected chi connectivity index (χ2v) is 7.52. The molecule has 1 saturated heterocycles. The van der Waals surface area contributed by atoms with Crippen LogP contribution in [0.25, 0.3) is 5.69 Å². The molecule has 1 fully saturated rings. The van der Waals surface area contributed by atoms with Gasteiger partial charge in [-0.05, 0) is 24.3 Å². The zero-order valence-electron chi connectivity index (χ0n) is 14.6. The number of halogens is 3. The first kappa shape index (κ1) is 19.3. The van der Waals surface area contributed by atoms with E-state index >= 15 is 0 Å². The summed E-state index contributed by atoms with van der Waals surface area (Å²) < 4.78 is 8.87. The van der Waals surface area contributed by atoms with Crippen LogP contribution in [0.1, 0.15) is 0 Å². The Morgan fingerprint density at radius 3 is 2.79 bits per heavy atom. The number of anilines is 1. The van der Waals surface area contributed by atoms with Crippen LogP contribution in [0.15, 0.2) is 47.7 Å². The first-order chi connectivity index (χ1) is 13.5. The summed E-state index contributed by atoms with van der Waals surface area (Å²) in [5, 5.41) is 8.80. The van der Waals surface area contributed by atoms with Gasteiger partial charge in [-0.3, -0.25) is 9.48 Å². The third-order valence-corrected chi connectivity index (χ3v) is 5.53. The Morgan fingerprint density at radius 2 is 2.04 bits per heavy atom. The molecular weight excluding hydrogens is 425 g/mol. The van der Waals surface area contributed by atoms with Gasteiger partial charge in [-0.15, -0.1) is 0 Å². The lowest BCUT2D eigenvalue weighted by Crippen LogP contribution is -2.44. The van der Waals surface area contributed by atoms with Gasteiger partial charge >= 0.3 is 0 Å². The van der Waals surface area contributed by atoms with Crippen molar-refractivity contribution in [1.82, 2.24) is 19.6 Å². The number of hydrogen-bond acceptors (Lipinski definition) is 5. The maximum atomic E-state index is 12.3. The quantitative estimate of drug-likeness (QED) is 0.623. The largest absolute Gasteiger partial charge is 0.373 e. The highest BCUT2D eigenvalue weighted by atomic mass is 35.5. The maximum Gasteiger partial charge on any atom is 0.291 e. The van der Waals surface area contributed by atoms with Crippen LogP contribution in [0.4, 0.5) is 5.69 Å². The minimum absolute atomic E-state index is 0.00347. The van der Waals surface area contributed by atoms with Crippen molar-refractivity contribution in [1.29, 1.82) is 0 Å². The minimum atomic E-state index is -0.497. The topological polar surface area (TPSA) is 65.2 Å². The van der Waals surface area contributed by atoms with E-state index in [2.05, 4.69) is 15.1 Å². The number of benzene rings is 1. The molecule has 1 aromatic carbocycles. The van der Waals surface area contributed by atoms with Crippen molar-refractivity contribution >= 4 is 40.5 Å². The third kappa shape index (κ3) is 3.89. The van der Waals surface area contributed by atoms with E-state index in [0.29, 0.717) is 30.4 Å². The monoisotopic (exact) mass is 439 g/mol. The molecule has 3 heterocycles. The summed E-state index contributed by atoms with van der Waals surface area (Å²) in [6, 6.07) is 7.21. The summed E-state index contributed by atoms with van der Waals surface area (Å²) in [5.74, 6) is 0. The maximum absolute atomic E-state index is 12.3. The molecule has 10 heteroatoms. The highest BCUT2D eigenvalue weighted by Crippen LogP contribution is 2.29. The predicted molar refractivity (Wildman–Crippen MR) is 109 cm³/mol. The van der Waals surface area contributed by atoms with Crippen LogP contribution in [-0.4, -0.2) is 45.4 Å². The number of hydrogen-bond donors (Lipinski definition) is 0. The second-order valence-electron chi connectivity index (χ2n) is 6.33. The van der Waals surface area contributed by atoms with Crippen LogP contribution in [0.5, 0.6) is 0 Å². The average Bonchev–Trinajstić information content (AvgIpc) is 3.19. The summed E-state index contributed by atoms with van der Waals surface area (Å²) in [7, 11) is 0. The Labute approximate surface area is 176 Å². The average molecular weight is 441 g/mol. The molecular formula is C18H16Cl3N5O2. The fourth-order valence-electron chi connectivity index (χ4n) is 3.15. The molecule has 28 heavy (non-hydrogen) atoms. The van der Waals surface area contributed by atoms with Gasteiger partial charge in [0.15, 0.2) is 0 Å². The number of aromatic nitrogens is 4. The lowest BCUT2D eigenvalue weighted by molar-refractivity contribution is 0.0274. The van der Waals surface area contributed by atoms with Gasteiger partial charge in [0.2, 0.25) is 0 Å². The number of ether oxygens (including phenoxy) is 1. The molecule has 0 aliphatic carbocycles. The molecule has 0 amide bonds. The summed E-state index contributed by atoms with van der Waals surface area (Å²) in [6.45, 7) is 2.67. The highest BCUT2D eigenvalue weighted by molar-refractivity contribution is 6.41. The first-order valence-electron chi connectivity index (χ1n) is 8.60. The smallest absolute Gasteiger partial charge is 0.291 e. The van der Waals surface area contributed by atoms with Crippen LogP contribution < -0.4 is 10.5 Å². The predicted octanol–water partition coefficient (Wildman–Crippen LogP) is 3.29. The molecule has 0 saturated carbocycles. The SMILES string of the molecule is O=c1c(Cl)c(Cl)cnn1-c1ccc(N2CCOC(Cn3cccn3)C2)c(Cl)c1. The van der Waals surface area contributed by atoms with Crippen molar-refractivity contribution in [2.24, 2.45) is 0 Å². The molecule has 1 aliphatic rings. The number of nitrogens with zero attached hydrogens (tertiary/aromatic N) is 5. The molecule has 1 atom stereocenters. The third-order valence-electron chi connectivity index (χ3n) is 4.48. The van der Waals surface area contributed by atoms with Gasteiger partial charge in [0.05, 0.1) is 46.9 Å². The molecule has 0 N–H and O–H groups in total. The summed E-state index contributed by atoms with van der Waals surface area (Å²) in [6.07, 6.45) is 4.99. The molecule has 0 bridgehead atoms. The summed E-state index contributed by atoms with van der Waals surface area (Å²) >= 11 is 18.3. The lowest BCUT2D eigenvalue weighted by atomic mass is 10.2. The normalized spacial score (nSPS) is 17.1. The summed E-state index contributed by atoms with van der Waals surface area (Å²) in [4.78, 5) is 14.4. The molecule has 4 rings (SSSR count). The number of morpholine rings is 1. The summed E-state index contributed by atoms with van der Waals surface area (Å²) in [5.41, 5.74) is 0.884. The Morgan fingerprint density at radius 1 is 1.18 bits per heavy atom. The van der Waals surface area contributed by atoms with Crippen molar-refractivity contribution in [2.75, 3.05) is 24.6 Å². The van der Waals surface area contributed by atoms with E-state index in [4.69, 9.17) is 39.5 Å². The zero-order chi connectivity index (χ0) is 19.7. The van der Waals surface area contributed by atoms with Gasteiger partial charge in [-0.25, -0.2) is 0 Å². The molecule has 0 radical (unpaired) electrons. The molecule has 3 aromatic rings. The van der Waals surface area contributed by atoms with Crippen molar-refractivity contribution < 1.29 is 4.74 Å². The van der Waals surface area contributed by atoms with Crippen LogP contribution in [-0.2, 0) is 11.3 Å². The van der Waals surface area contributed by atoms with E-state index in [1.54, 1.807) is 18.3 Å². The van der Waals surface area contributed by atoms with Crippen LogP contribution >= 0.6 is 34.8 Å².